The molecule has 1 unspecified atom stereocenters. The number of para-hydroxylation sites is 1. The van der Waals surface area contributed by atoms with Crippen molar-refractivity contribution in [2.75, 3.05) is 4.90 Å². The lowest BCUT2D eigenvalue weighted by Gasteiger charge is -2.30. The van der Waals surface area contributed by atoms with Crippen molar-refractivity contribution in [2.45, 2.75) is 39.2 Å². The number of amides is 4. The van der Waals surface area contributed by atoms with Gasteiger partial charge in [-0.1, -0.05) is 32.0 Å². The van der Waals surface area contributed by atoms with Crippen LogP contribution in [0.2, 0.25) is 0 Å². The van der Waals surface area contributed by atoms with E-state index < -0.39 is 23.8 Å². The minimum absolute atomic E-state index is 0.198. The van der Waals surface area contributed by atoms with Crippen molar-refractivity contribution in [3.8, 4) is 0 Å². The molecular weight excluding hydrogens is 384 g/mol. The predicted octanol–water partition coefficient (Wildman–Crippen LogP) is 2.32. The van der Waals surface area contributed by atoms with Crippen molar-refractivity contribution in [3.05, 3.63) is 60.4 Å². The average Bonchev–Trinajstić information content (AvgIpc) is 3.07. The van der Waals surface area contributed by atoms with Crippen molar-refractivity contribution in [3.63, 3.8) is 0 Å². The fraction of sp³-hybridized carbons (Fsp3) is 0.318. The van der Waals surface area contributed by atoms with Gasteiger partial charge < -0.3 is 0 Å². The minimum Gasteiger partial charge on any atom is -0.274 e. The molecule has 2 heterocycles. The monoisotopic (exact) mass is 408 g/mol. The summed E-state index contributed by atoms with van der Waals surface area (Å²) in [4.78, 5) is 56.6. The first-order valence-electron chi connectivity index (χ1n) is 9.93. The van der Waals surface area contributed by atoms with Crippen molar-refractivity contribution in [1.29, 1.82) is 0 Å². The van der Waals surface area contributed by atoms with Gasteiger partial charge in [-0.05, 0) is 37.1 Å². The number of carbonyl (C=O) groups excluding carboxylic acids is 4. The van der Waals surface area contributed by atoms with Gasteiger partial charge in [-0.2, -0.15) is 0 Å². The Hall–Kier alpha value is -3.55. The summed E-state index contributed by atoms with van der Waals surface area (Å²) in [5, 5.41) is 1.05. The third-order valence-corrected chi connectivity index (χ3v) is 5.19. The van der Waals surface area contributed by atoms with Gasteiger partial charge in [-0.3, -0.25) is 29.6 Å². The van der Waals surface area contributed by atoms with E-state index in [0.29, 0.717) is 24.1 Å². The SMILES string of the molecule is CCC(CC)C(=O)N(NC(=O)c1ccncc1)C1CC(=O)N(c2ccccc2)C1=O. The number of benzene rings is 1. The van der Waals surface area contributed by atoms with Crippen LogP contribution in [0.3, 0.4) is 0 Å². The fourth-order valence-corrected chi connectivity index (χ4v) is 3.46. The zero-order valence-corrected chi connectivity index (χ0v) is 16.9. The number of hydrazine groups is 1. The van der Waals surface area contributed by atoms with Crippen LogP contribution in [0.25, 0.3) is 0 Å². The van der Waals surface area contributed by atoms with Crippen molar-refractivity contribution >= 4 is 29.3 Å². The Morgan fingerprint density at radius 2 is 1.73 bits per heavy atom. The smallest absolute Gasteiger partial charge is 0.270 e. The number of hydrogen-bond donors (Lipinski definition) is 1. The lowest BCUT2D eigenvalue weighted by atomic mass is 10.0. The van der Waals surface area contributed by atoms with Gasteiger partial charge >= 0.3 is 0 Å². The molecule has 3 rings (SSSR count). The fourth-order valence-electron chi connectivity index (χ4n) is 3.46. The standard InChI is InChI=1S/C22H24N4O4/c1-3-15(4-2)21(29)26(24-20(28)16-10-12-23-13-11-16)18-14-19(27)25(22(18)30)17-8-6-5-7-9-17/h5-13,15,18H,3-4,14H2,1-2H3,(H,24,28). The molecule has 8 heteroatoms. The number of rotatable bonds is 6. The Labute approximate surface area is 174 Å². The second-order valence-electron chi connectivity index (χ2n) is 7.02. The molecule has 1 aliphatic heterocycles. The Kier molecular flexibility index (Phi) is 6.56. The number of nitrogens with one attached hydrogen (secondary N) is 1. The van der Waals surface area contributed by atoms with Gasteiger partial charge in [0.05, 0.1) is 12.1 Å². The lowest BCUT2D eigenvalue weighted by Crippen LogP contribution is -2.56. The molecule has 8 nitrogen and oxygen atoms in total. The lowest BCUT2D eigenvalue weighted by molar-refractivity contribution is -0.145. The molecule has 1 N–H and O–H groups in total. The normalized spacial score (nSPS) is 16.1. The van der Waals surface area contributed by atoms with E-state index in [1.807, 2.05) is 13.8 Å². The highest BCUT2D eigenvalue weighted by Crippen LogP contribution is 2.26. The molecule has 1 aromatic heterocycles. The van der Waals surface area contributed by atoms with Crippen LogP contribution < -0.4 is 10.3 Å². The molecule has 0 saturated carbocycles. The molecule has 156 valence electrons. The first-order valence-corrected chi connectivity index (χ1v) is 9.93. The van der Waals surface area contributed by atoms with E-state index >= 15 is 0 Å². The molecule has 1 aromatic carbocycles. The first-order chi connectivity index (χ1) is 14.5. The zero-order chi connectivity index (χ0) is 21.7. The summed E-state index contributed by atoms with van der Waals surface area (Å²) in [6.45, 7) is 3.74. The molecule has 1 aliphatic rings. The van der Waals surface area contributed by atoms with E-state index in [0.717, 1.165) is 9.91 Å². The quantitative estimate of drug-likeness (QED) is 0.584. The molecule has 30 heavy (non-hydrogen) atoms. The summed E-state index contributed by atoms with van der Waals surface area (Å²) in [7, 11) is 0. The predicted molar refractivity (Wildman–Crippen MR) is 110 cm³/mol. The maximum Gasteiger partial charge on any atom is 0.270 e. The molecule has 2 aromatic rings. The van der Waals surface area contributed by atoms with E-state index in [-0.39, 0.29) is 18.2 Å². The number of nitrogens with zero attached hydrogens (tertiary/aromatic N) is 3. The number of imide groups is 1. The molecule has 1 atom stereocenters. The van der Waals surface area contributed by atoms with Crippen molar-refractivity contribution < 1.29 is 19.2 Å². The largest absolute Gasteiger partial charge is 0.274 e. The van der Waals surface area contributed by atoms with Crippen LogP contribution in [0.1, 0.15) is 43.5 Å². The Balaban J connectivity index is 1.91. The summed E-state index contributed by atoms with van der Waals surface area (Å²) >= 11 is 0. The van der Waals surface area contributed by atoms with Gasteiger partial charge in [-0.15, -0.1) is 0 Å². The van der Waals surface area contributed by atoms with E-state index in [9.17, 15) is 19.2 Å². The zero-order valence-electron chi connectivity index (χ0n) is 16.9. The molecular formula is C22H24N4O4. The molecule has 1 saturated heterocycles. The highest BCUT2D eigenvalue weighted by Gasteiger charge is 2.46. The van der Waals surface area contributed by atoms with Gasteiger partial charge in [0.15, 0.2) is 0 Å². The number of carbonyl (C=O) groups is 4. The van der Waals surface area contributed by atoms with Crippen LogP contribution >= 0.6 is 0 Å². The van der Waals surface area contributed by atoms with Gasteiger partial charge in [0, 0.05) is 23.9 Å². The van der Waals surface area contributed by atoms with Crippen LogP contribution in [0.4, 0.5) is 5.69 Å². The Bertz CT molecular complexity index is 929. The van der Waals surface area contributed by atoms with Crippen LogP contribution in [0.5, 0.6) is 0 Å². The first kappa shape index (κ1) is 21.2. The van der Waals surface area contributed by atoms with Crippen molar-refractivity contribution in [1.82, 2.24) is 15.4 Å². The Morgan fingerprint density at radius 1 is 1.10 bits per heavy atom. The molecule has 0 spiro atoms. The average molecular weight is 408 g/mol. The highest BCUT2D eigenvalue weighted by molar-refractivity contribution is 6.23. The van der Waals surface area contributed by atoms with Gasteiger partial charge in [0.1, 0.15) is 6.04 Å². The van der Waals surface area contributed by atoms with Gasteiger partial charge in [-0.25, -0.2) is 9.91 Å². The van der Waals surface area contributed by atoms with E-state index in [1.165, 1.54) is 24.5 Å². The van der Waals surface area contributed by atoms with Crippen LogP contribution in [-0.4, -0.2) is 39.7 Å². The molecule has 4 amide bonds. The highest BCUT2D eigenvalue weighted by atomic mass is 16.2. The summed E-state index contributed by atoms with van der Waals surface area (Å²) in [6, 6.07) is 10.4. The molecule has 0 radical (unpaired) electrons. The third-order valence-electron chi connectivity index (χ3n) is 5.19. The summed E-state index contributed by atoms with van der Waals surface area (Å²) < 4.78 is 0. The van der Waals surface area contributed by atoms with E-state index in [2.05, 4.69) is 10.4 Å². The number of anilines is 1. The van der Waals surface area contributed by atoms with Crippen LogP contribution in [0, 0.1) is 5.92 Å². The topological polar surface area (TPSA) is 99.7 Å². The molecule has 0 aliphatic carbocycles. The Morgan fingerprint density at radius 3 is 2.33 bits per heavy atom. The van der Waals surface area contributed by atoms with Crippen LogP contribution in [-0.2, 0) is 14.4 Å². The van der Waals surface area contributed by atoms with E-state index in [4.69, 9.17) is 0 Å². The second kappa shape index (κ2) is 9.30. The number of aromatic nitrogens is 1. The summed E-state index contributed by atoms with van der Waals surface area (Å²) in [5.41, 5.74) is 3.30. The maximum absolute atomic E-state index is 13.2. The summed E-state index contributed by atoms with van der Waals surface area (Å²) in [5.74, 6) is -2.27. The molecule has 1 fully saturated rings. The van der Waals surface area contributed by atoms with Crippen molar-refractivity contribution in [2.24, 2.45) is 5.92 Å². The second-order valence-corrected chi connectivity index (χ2v) is 7.02. The third kappa shape index (κ3) is 4.22. The number of pyridine rings is 1. The molecule has 0 bridgehead atoms. The van der Waals surface area contributed by atoms with E-state index in [1.54, 1.807) is 30.3 Å². The van der Waals surface area contributed by atoms with Crippen LogP contribution in [0.15, 0.2) is 54.9 Å². The maximum atomic E-state index is 13.2. The van der Waals surface area contributed by atoms with Gasteiger partial charge in [0.2, 0.25) is 11.8 Å². The minimum atomic E-state index is -1.10. The number of hydrogen-bond acceptors (Lipinski definition) is 5. The van der Waals surface area contributed by atoms with Gasteiger partial charge in [0.25, 0.3) is 11.8 Å². The summed E-state index contributed by atoms with van der Waals surface area (Å²) in [6.07, 6.45) is 3.82.